The number of aliphatic hydroxyl groups is 15. The third kappa shape index (κ3) is 16.2. The molecule has 0 radical (unpaired) electrons. The Labute approximate surface area is 384 Å². The summed E-state index contributed by atoms with van der Waals surface area (Å²) in [5.41, 5.74) is 1.63. The zero-order valence-electron chi connectivity index (χ0n) is 37.1. The lowest BCUT2D eigenvalue weighted by molar-refractivity contribution is -0.117. The summed E-state index contributed by atoms with van der Waals surface area (Å²) in [5, 5.41) is 147. The van der Waals surface area contributed by atoms with Crippen LogP contribution in [0.15, 0.2) is 55.0 Å². The number of hydrogen-bond acceptors (Lipinski definition) is 22. The van der Waals surface area contributed by atoms with Crippen LogP contribution in [-0.2, 0) is 19.6 Å². The zero-order chi connectivity index (χ0) is 50.3. The quantitative estimate of drug-likeness (QED) is 0.0337. The van der Waals surface area contributed by atoms with Gasteiger partial charge in [-0.05, 0) is 36.4 Å². The number of pyridine rings is 3. The lowest BCUT2D eigenvalue weighted by Gasteiger charge is -2.28. The molecule has 0 fully saturated rings. The van der Waals surface area contributed by atoms with Gasteiger partial charge in [-0.25, -0.2) is 0 Å². The molecule has 0 unspecified atom stereocenters. The van der Waals surface area contributed by atoms with Gasteiger partial charge in [0, 0.05) is 79.0 Å². The molecule has 0 aliphatic rings. The highest BCUT2D eigenvalue weighted by molar-refractivity contribution is 5.94. The molecule has 3 aromatic heterocycles. The van der Waals surface area contributed by atoms with E-state index in [1.54, 1.807) is 18.2 Å². The molecule has 3 aromatic rings. The smallest absolute Gasteiger partial charge is 0.255 e. The summed E-state index contributed by atoms with van der Waals surface area (Å²) in [6, 6.07) is 9.07. The fourth-order valence-corrected chi connectivity index (χ4v) is 6.55. The average Bonchev–Trinajstić information content (AvgIpc) is 3.33. The minimum Gasteiger partial charge on any atom is -0.394 e. The maximum Gasteiger partial charge on any atom is 0.255 e. The van der Waals surface area contributed by atoms with E-state index in [1.165, 1.54) is 57.9 Å². The second-order valence-electron chi connectivity index (χ2n) is 16.2. The Morgan fingerprint density at radius 2 is 0.627 bits per heavy atom. The first-order valence-corrected chi connectivity index (χ1v) is 20.9. The Morgan fingerprint density at radius 3 is 0.821 bits per heavy atom. The van der Waals surface area contributed by atoms with Crippen molar-refractivity contribution in [3.05, 3.63) is 88.8 Å². The van der Waals surface area contributed by atoms with Crippen LogP contribution in [0.1, 0.15) is 48.2 Å². The number of likely N-dealkylation sites (N-methyl/N-ethyl adjacent to an activating group) is 3. The highest BCUT2D eigenvalue weighted by Gasteiger charge is 2.34. The fraction of sp³-hybridized carbons (Fsp3) is 0.571. The van der Waals surface area contributed by atoms with Gasteiger partial charge >= 0.3 is 0 Å². The average molecular weight is 954 g/mol. The minimum atomic E-state index is -1.88. The zero-order valence-corrected chi connectivity index (χ0v) is 37.1. The lowest BCUT2D eigenvalue weighted by Crippen LogP contribution is -2.50. The van der Waals surface area contributed by atoms with Gasteiger partial charge in [0.25, 0.3) is 17.7 Å². The van der Waals surface area contributed by atoms with Crippen molar-refractivity contribution in [2.24, 2.45) is 0 Å². The highest BCUT2D eigenvalue weighted by atomic mass is 16.4. The molecule has 0 aromatic carbocycles. The standard InChI is InChI=1S/C42H63N7O18/c1-46(16-28(53)34(59)37(62)31(56)19-50)40(65)22-4-7-25(43-10-22)13-49(14-26-8-5-23(11-44-26)41(66)47(2)17-29(54)35(60)38(63)32(57)20-51)15-27-9-6-24(12-45-27)42(67)48(3)18-30(55)36(61)39(64)33(58)21-52/h4-12,28-39,50-64H,13-21H2,1-3H3/t28-,29-,30-,31+,32+,33+,34+,35+,36+,37+,38+,39+/m0/s1. The van der Waals surface area contributed by atoms with E-state index in [9.17, 15) is 75.7 Å². The molecule has 15 N–H and O–H groups in total. The van der Waals surface area contributed by atoms with Crippen molar-refractivity contribution in [1.82, 2.24) is 34.6 Å². The number of nitrogens with zero attached hydrogens (tertiary/aromatic N) is 7. The lowest BCUT2D eigenvalue weighted by atomic mass is 10.0. The summed E-state index contributed by atoms with van der Waals surface area (Å²) < 4.78 is 0. The van der Waals surface area contributed by atoms with Crippen molar-refractivity contribution < 1.29 is 91.0 Å². The van der Waals surface area contributed by atoms with Crippen LogP contribution < -0.4 is 0 Å². The molecule has 3 rings (SSSR count). The van der Waals surface area contributed by atoms with E-state index in [0.29, 0.717) is 17.1 Å². The predicted octanol–water partition coefficient (Wildman–Crippen LogP) is -7.40. The molecular weight excluding hydrogens is 890 g/mol. The van der Waals surface area contributed by atoms with Gasteiger partial charge in [0.05, 0.1) is 53.6 Å². The number of aliphatic hydroxyl groups excluding tert-OH is 15. The summed E-state index contributed by atoms with van der Waals surface area (Å²) in [6.07, 6.45) is -17.7. The molecule has 374 valence electrons. The summed E-state index contributed by atoms with van der Waals surface area (Å²) in [7, 11) is 3.98. The SMILES string of the molecule is CN(C[C@H](O)[C@@H](O)[C@H](O)[C@H](O)CO)C(=O)c1ccc(CN(Cc2ccc(C(=O)N(C)C[C@H](O)[C@@H](O)[C@H](O)[C@H](O)CO)cn2)Cc2ccc(C(=O)N(C)C[C@H](O)[C@@H](O)[C@H](O)[C@H](O)CO)cn2)nc1. The van der Waals surface area contributed by atoms with Crippen molar-refractivity contribution >= 4 is 17.7 Å². The molecule has 67 heavy (non-hydrogen) atoms. The van der Waals surface area contributed by atoms with Gasteiger partial charge in [0.1, 0.15) is 73.2 Å². The van der Waals surface area contributed by atoms with Crippen LogP contribution in [0.4, 0.5) is 0 Å². The van der Waals surface area contributed by atoms with Gasteiger partial charge < -0.3 is 91.3 Å². The van der Waals surface area contributed by atoms with Crippen molar-refractivity contribution in [3.8, 4) is 0 Å². The Morgan fingerprint density at radius 1 is 0.403 bits per heavy atom. The third-order valence-electron chi connectivity index (χ3n) is 10.8. The van der Waals surface area contributed by atoms with E-state index >= 15 is 0 Å². The monoisotopic (exact) mass is 953 g/mol. The molecule has 25 heteroatoms. The van der Waals surface area contributed by atoms with Gasteiger partial charge in [-0.1, -0.05) is 0 Å². The summed E-state index contributed by atoms with van der Waals surface area (Å²) in [6.45, 7) is -3.63. The van der Waals surface area contributed by atoms with Gasteiger partial charge in [0.15, 0.2) is 0 Å². The Kier molecular flexibility index (Phi) is 22.5. The van der Waals surface area contributed by atoms with Crippen molar-refractivity contribution in [1.29, 1.82) is 0 Å². The Hall–Kier alpha value is -4.78. The predicted molar refractivity (Wildman–Crippen MR) is 230 cm³/mol. The molecule has 0 aliphatic heterocycles. The number of aromatic nitrogens is 3. The molecule has 0 aliphatic carbocycles. The molecular formula is C42H63N7O18. The van der Waals surface area contributed by atoms with E-state index < -0.39 is 130 Å². The fourth-order valence-electron chi connectivity index (χ4n) is 6.55. The van der Waals surface area contributed by atoms with Crippen molar-refractivity contribution in [3.63, 3.8) is 0 Å². The van der Waals surface area contributed by atoms with Gasteiger partial charge in [-0.15, -0.1) is 0 Å². The minimum absolute atomic E-state index is 0.0936. The van der Waals surface area contributed by atoms with Gasteiger partial charge in [-0.2, -0.15) is 0 Å². The van der Waals surface area contributed by atoms with Crippen LogP contribution in [0, 0.1) is 0 Å². The van der Waals surface area contributed by atoms with Crippen LogP contribution in [0.2, 0.25) is 0 Å². The third-order valence-corrected chi connectivity index (χ3v) is 10.8. The molecule has 3 amide bonds. The van der Waals surface area contributed by atoms with E-state index in [0.717, 1.165) is 14.7 Å². The molecule has 0 saturated carbocycles. The second kappa shape index (κ2) is 26.7. The number of hydrogen-bond donors (Lipinski definition) is 15. The maximum atomic E-state index is 13.2. The van der Waals surface area contributed by atoms with Crippen LogP contribution in [0.3, 0.4) is 0 Å². The summed E-state index contributed by atoms with van der Waals surface area (Å²) in [5.74, 6) is -1.83. The first-order chi connectivity index (χ1) is 31.5. The van der Waals surface area contributed by atoms with E-state index in [2.05, 4.69) is 15.0 Å². The van der Waals surface area contributed by atoms with Crippen LogP contribution in [0.5, 0.6) is 0 Å². The van der Waals surface area contributed by atoms with Crippen LogP contribution >= 0.6 is 0 Å². The first-order valence-electron chi connectivity index (χ1n) is 20.9. The number of amides is 3. The number of rotatable bonds is 27. The van der Waals surface area contributed by atoms with Gasteiger partial charge in [0.2, 0.25) is 0 Å². The molecule has 3 heterocycles. The number of carbonyl (C=O) groups excluding carboxylic acids is 3. The maximum absolute atomic E-state index is 13.2. The van der Waals surface area contributed by atoms with Crippen LogP contribution in [-0.4, -0.2) is 263 Å². The van der Waals surface area contributed by atoms with Crippen LogP contribution in [0.25, 0.3) is 0 Å². The molecule has 0 spiro atoms. The highest BCUT2D eigenvalue weighted by Crippen LogP contribution is 2.17. The van der Waals surface area contributed by atoms with Gasteiger partial charge in [-0.3, -0.25) is 34.2 Å². The largest absolute Gasteiger partial charge is 0.394 e. The first kappa shape index (κ1) is 56.5. The molecule has 0 bridgehead atoms. The summed E-state index contributed by atoms with van der Waals surface area (Å²) in [4.78, 5) is 57.7. The number of carbonyl (C=O) groups is 3. The van der Waals surface area contributed by atoms with E-state index in [-0.39, 0.29) is 36.3 Å². The molecule has 0 saturated heterocycles. The topological polar surface area (TPSA) is 406 Å². The van der Waals surface area contributed by atoms with Crippen molar-refractivity contribution in [2.45, 2.75) is 92.9 Å². The van der Waals surface area contributed by atoms with E-state index in [4.69, 9.17) is 15.3 Å². The second-order valence-corrected chi connectivity index (χ2v) is 16.2. The molecule has 25 nitrogen and oxygen atoms in total. The summed E-state index contributed by atoms with van der Waals surface area (Å²) >= 11 is 0. The molecule has 12 atom stereocenters. The van der Waals surface area contributed by atoms with Crippen molar-refractivity contribution in [2.75, 3.05) is 60.6 Å². The Bertz CT molecular complexity index is 1750. The Balaban J connectivity index is 1.80. The normalized spacial score (nSPS) is 17.2. The van der Waals surface area contributed by atoms with E-state index in [1.807, 2.05) is 4.90 Å².